The first-order chi connectivity index (χ1) is 7.86. The summed E-state index contributed by atoms with van der Waals surface area (Å²) in [4.78, 5) is 8.58. The molecular formula is C13H21N3. The molecule has 0 radical (unpaired) electrons. The third-order valence-electron chi connectivity index (χ3n) is 3.63. The van der Waals surface area contributed by atoms with Crippen LogP contribution in [0.1, 0.15) is 44.7 Å². The van der Waals surface area contributed by atoms with Gasteiger partial charge in [-0.1, -0.05) is 20.3 Å². The standard InChI is InChI=1S/C13H21N3/c1-3-5-15-12-8-11(10(12)4-2)13-9-14-6-7-16-13/h6-7,9-12,15H,3-5,8H2,1-2H3. The van der Waals surface area contributed by atoms with Crippen LogP contribution in [-0.2, 0) is 0 Å². The highest BCUT2D eigenvalue weighted by atomic mass is 14.9. The van der Waals surface area contributed by atoms with Gasteiger partial charge in [0.1, 0.15) is 0 Å². The second-order valence-electron chi connectivity index (χ2n) is 4.61. The fourth-order valence-corrected chi connectivity index (χ4v) is 2.68. The first kappa shape index (κ1) is 11.5. The van der Waals surface area contributed by atoms with Gasteiger partial charge in [0.15, 0.2) is 0 Å². The molecular weight excluding hydrogens is 198 g/mol. The van der Waals surface area contributed by atoms with Gasteiger partial charge < -0.3 is 5.32 Å². The summed E-state index contributed by atoms with van der Waals surface area (Å²) in [7, 11) is 0. The maximum Gasteiger partial charge on any atom is 0.0621 e. The van der Waals surface area contributed by atoms with Gasteiger partial charge in [0, 0.05) is 30.6 Å². The fourth-order valence-electron chi connectivity index (χ4n) is 2.68. The number of hydrogen-bond acceptors (Lipinski definition) is 3. The van der Waals surface area contributed by atoms with Crippen molar-refractivity contribution in [3.05, 3.63) is 24.3 Å². The predicted molar refractivity (Wildman–Crippen MR) is 65.3 cm³/mol. The Kier molecular flexibility index (Phi) is 3.88. The SMILES string of the molecule is CCCNC1CC(c2cnccn2)C1CC. The Balaban J connectivity index is 1.95. The molecule has 88 valence electrons. The van der Waals surface area contributed by atoms with E-state index in [2.05, 4.69) is 29.1 Å². The smallest absolute Gasteiger partial charge is 0.0621 e. The molecule has 3 heteroatoms. The van der Waals surface area contributed by atoms with Crippen LogP contribution in [0.5, 0.6) is 0 Å². The van der Waals surface area contributed by atoms with E-state index in [9.17, 15) is 0 Å². The molecule has 1 saturated carbocycles. The predicted octanol–water partition coefficient (Wildman–Crippen LogP) is 2.36. The minimum atomic E-state index is 0.619. The highest BCUT2D eigenvalue weighted by molar-refractivity contribution is 5.14. The lowest BCUT2D eigenvalue weighted by molar-refractivity contribution is 0.157. The zero-order valence-corrected chi connectivity index (χ0v) is 10.2. The van der Waals surface area contributed by atoms with Gasteiger partial charge in [-0.25, -0.2) is 0 Å². The van der Waals surface area contributed by atoms with Gasteiger partial charge in [0.25, 0.3) is 0 Å². The maximum absolute atomic E-state index is 4.42. The molecule has 0 aromatic carbocycles. The van der Waals surface area contributed by atoms with Crippen LogP contribution in [0.15, 0.2) is 18.6 Å². The van der Waals surface area contributed by atoms with E-state index in [1.807, 2.05) is 6.20 Å². The lowest BCUT2D eigenvalue weighted by Gasteiger charge is -2.44. The normalized spacial score (nSPS) is 28.8. The highest BCUT2D eigenvalue weighted by Crippen LogP contribution is 2.43. The number of nitrogens with zero attached hydrogens (tertiary/aromatic N) is 2. The van der Waals surface area contributed by atoms with Gasteiger partial charge in [-0.15, -0.1) is 0 Å². The molecule has 3 nitrogen and oxygen atoms in total. The van der Waals surface area contributed by atoms with Crippen LogP contribution in [0.25, 0.3) is 0 Å². The molecule has 0 amide bonds. The molecule has 0 bridgehead atoms. The third-order valence-corrected chi connectivity index (χ3v) is 3.63. The van der Waals surface area contributed by atoms with Gasteiger partial charge in [0.2, 0.25) is 0 Å². The second kappa shape index (κ2) is 5.39. The molecule has 0 aliphatic heterocycles. The van der Waals surface area contributed by atoms with Gasteiger partial charge >= 0.3 is 0 Å². The first-order valence-corrected chi connectivity index (χ1v) is 6.36. The molecule has 1 N–H and O–H groups in total. The molecule has 1 fully saturated rings. The quantitative estimate of drug-likeness (QED) is 0.826. The summed E-state index contributed by atoms with van der Waals surface area (Å²) in [6.07, 6.45) is 9.12. The summed E-state index contributed by atoms with van der Waals surface area (Å²) in [5.41, 5.74) is 1.17. The van der Waals surface area contributed by atoms with Crippen LogP contribution in [0.2, 0.25) is 0 Å². The molecule has 1 aliphatic rings. The topological polar surface area (TPSA) is 37.8 Å². The number of aromatic nitrogens is 2. The Morgan fingerprint density at radius 3 is 2.88 bits per heavy atom. The van der Waals surface area contributed by atoms with E-state index in [-0.39, 0.29) is 0 Å². The van der Waals surface area contributed by atoms with Crippen LogP contribution in [-0.4, -0.2) is 22.6 Å². The second-order valence-corrected chi connectivity index (χ2v) is 4.61. The van der Waals surface area contributed by atoms with Gasteiger partial charge in [-0.05, 0) is 25.3 Å². The van der Waals surface area contributed by atoms with E-state index in [4.69, 9.17) is 0 Å². The average Bonchev–Trinajstić information content (AvgIpc) is 2.30. The highest BCUT2D eigenvalue weighted by Gasteiger charge is 2.40. The summed E-state index contributed by atoms with van der Waals surface area (Å²) in [6.45, 7) is 5.62. The van der Waals surface area contributed by atoms with Gasteiger partial charge in [-0.3, -0.25) is 9.97 Å². The molecule has 1 aromatic rings. The van der Waals surface area contributed by atoms with Crippen molar-refractivity contribution in [1.29, 1.82) is 0 Å². The van der Waals surface area contributed by atoms with Gasteiger partial charge in [0.05, 0.1) is 5.69 Å². The number of hydrogen-bond donors (Lipinski definition) is 1. The van der Waals surface area contributed by atoms with Crippen LogP contribution < -0.4 is 5.32 Å². The van der Waals surface area contributed by atoms with Crippen molar-refractivity contribution in [1.82, 2.24) is 15.3 Å². The fraction of sp³-hybridized carbons (Fsp3) is 0.692. The molecule has 0 spiro atoms. The average molecular weight is 219 g/mol. The number of rotatable bonds is 5. The molecule has 16 heavy (non-hydrogen) atoms. The van der Waals surface area contributed by atoms with E-state index in [0.29, 0.717) is 12.0 Å². The molecule has 1 heterocycles. The molecule has 3 unspecified atom stereocenters. The summed E-state index contributed by atoms with van der Waals surface area (Å²) >= 11 is 0. The summed E-state index contributed by atoms with van der Waals surface area (Å²) in [5, 5.41) is 3.62. The van der Waals surface area contributed by atoms with E-state index in [0.717, 1.165) is 12.5 Å². The van der Waals surface area contributed by atoms with Crippen molar-refractivity contribution in [2.24, 2.45) is 5.92 Å². The molecule has 2 rings (SSSR count). The Labute approximate surface area is 97.7 Å². The van der Waals surface area contributed by atoms with Gasteiger partial charge in [-0.2, -0.15) is 0 Å². The largest absolute Gasteiger partial charge is 0.314 e. The van der Waals surface area contributed by atoms with Crippen molar-refractivity contribution in [2.45, 2.75) is 45.1 Å². The van der Waals surface area contributed by atoms with E-state index in [1.165, 1.54) is 25.0 Å². The van der Waals surface area contributed by atoms with Crippen molar-refractivity contribution in [3.63, 3.8) is 0 Å². The molecule has 1 aliphatic carbocycles. The van der Waals surface area contributed by atoms with Crippen molar-refractivity contribution in [2.75, 3.05) is 6.54 Å². The molecule has 0 saturated heterocycles. The lowest BCUT2D eigenvalue weighted by atomic mass is 9.66. The van der Waals surface area contributed by atoms with Crippen LogP contribution in [0, 0.1) is 5.92 Å². The summed E-state index contributed by atoms with van der Waals surface area (Å²) in [5.74, 6) is 1.36. The van der Waals surface area contributed by atoms with Crippen molar-refractivity contribution in [3.8, 4) is 0 Å². The molecule has 1 aromatic heterocycles. The Morgan fingerprint density at radius 1 is 1.38 bits per heavy atom. The minimum Gasteiger partial charge on any atom is -0.314 e. The zero-order chi connectivity index (χ0) is 11.4. The monoisotopic (exact) mass is 219 g/mol. The lowest BCUT2D eigenvalue weighted by Crippen LogP contribution is -2.49. The van der Waals surface area contributed by atoms with E-state index in [1.54, 1.807) is 12.4 Å². The first-order valence-electron chi connectivity index (χ1n) is 6.36. The van der Waals surface area contributed by atoms with Crippen LogP contribution in [0.4, 0.5) is 0 Å². The maximum atomic E-state index is 4.42. The Bertz CT molecular complexity index is 312. The van der Waals surface area contributed by atoms with Crippen molar-refractivity contribution < 1.29 is 0 Å². The van der Waals surface area contributed by atoms with E-state index >= 15 is 0 Å². The zero-order valence-electron chi connectivity index (χ0n) is 10.2. The van der Waals surface area contributed by atoms with Crippen LogP contribution >= 0.6 is 0 Å². The third kappa shape index (κ3) is 2.24. The number of nitrogens with one attached hydrogen (secondary N) is 1. The summed E-state index contributed by atoms with van der Waals surface area (Å²) < 4.78 is 0. The van der Waals surface area contributed by atoms with E-state index < -0.39 is 0 Å². The molecule has 3 atom stereocenters. The minimum absolute atomic E-state index is 0.619. The Morgan fingerprint density at radius 2 is 2.25 bits per heavy atom. The Hall–Kier alpha value is -0.960. The van der Waals surface area contributed by atoms with Crippen LogP contribution in [0.3, 0.4) is 0 Å². The summed E-state index contributed by atoms with van der Waals surface area (Å²) in [6, 6.07) is 0.692. The van der Waals surface area contributed by atoms with Crippen molar-refractivity contribution >= 4 is 0 Å².